The molecule has 2 amide bonds. The first-order valence-corrected chi connectivity index (χ1v) is 5.95. The fraction of sp³-hybridized carbons (Fsp3) is 0.462. The van der Waals surface area contributed by atoms with Crippen LogP contribution in [0.2, 0.25) is 0 Å². The lowest BCUT2D eigenvalue weighted by Crippen LogP contribution is -2.40. The summed E-state index contributed by atoms with van der Waals surface area (Å²) in [6.45, 7) is 3.03. The Labute approximate surface area is 101 Å². The van der Waals surface area contributed by atoms with E-state index in [9.17, 15) is 9.90 Å². The van der Waals surface area contributed by atoms with E-state index in [1.54, 1.807) is 4.90 Å². The average molecular weight is 234 g/mol. The van der Waals surface area contributed by atoms with Gasteiger partial charge in [-0.05, 0) is 18.9 Å². The second kappa shape index (κ2) is 5.19. The third-order valence-corrected chi connectivity index (χ3v) is 3.09. The maximum Gasteiger partial charge on any atom is 0.317 e. The zero-order valence-electron chi connectivity index (χ0n) is 9.97. The van der Waals surface area contributed by atoms with Crippen molar-refractivity contribution in [3.63, 3.8) is 0 Å². The zero-order valence-corrected chi connectivity index (χ0v) is 9.97. The van der Waals surface area contributed by atoms with E-state index in [4.69, 9.17) is 0 Å². The van der Waals surface area contributed by atoms with Gasteiger partial charge in [-0.3, -0.25) is 0 Å². The van der Waals surface area contributed by atoms with Gasteiger partial charge in [0.15, 0.2) is 0 Å². The smallest absolute Gasteiger partial charge is 0.317 e. The van der Waals surface area contributed by atoms with Crippen LogP contribution in [0.3, 0.4) is 0 Å². The summed E-state index contributed by atoms with van der Waals surface area (Å²) in [5.74, 6) is 0. The molecule has 0 bridgehead atoms. The van der Waals surface area contributed by atoms with Crippen LogP contribution in [0.5, 0.6) is 0 Å². The Morgan fingerprint density at radius 3 is 2.76 bits per heavy atom. The molecule has 1 aromatic carbocycles. The van der Waals surface area contributed by atoms with E-state index in [2.05, 4.69) is 5.32 Å². The van der Waals surface area contributed by atoms with Gasteiger partial charge in [0.05, 0.1) is 12.1 Å². The molecule has 1 aliphatic rings. The van der Waals surface area contributed by atoms with Gasteiger partial charge in [0.1, 0.15) is 0 Å². The molecule has 1 unspecified atom stereocenters. The summed E-state index contributed by atoms with van der Waals surface area (Å²) >= 11 is 0. The number of likely N-dealkylation sites (tertiary alicyclic amines) is 1. The number of hydrogen-bond donors (Lipinski definition) is 2. The Balaban J connectivity index is 1.91. The summed E-state index contributed by atoms with van der Waals surface area (Å²) in [6, 6.07) is 9.73. The average Bonchev–Trinajstić information content (AvgIpc) is 2.77. The highest BCUT2D eigenvalue weighted by molar-refractivity contribution is 5.75. The number of hydrogen-bond acceptors (Lipinski definition) is 2. The molecule has 1 aliphatic heterocycles. The van der Waals surface area contributed by atoms with Crippen LogP contribution in [0.15, 0.2) is 30.3 Å². The molecule has 0 saturated carbocycles. The van der Waals surface area contributed by atoms with Crippen LogP contribution in [0, 0.1) is 0 Å². The molecule has 1 saturated heterocycles. The number of carbonyl (C=O) groups excluding carboxylic acids is 1. The minimum absolute atomic E-state index is 0.0126. The van der Waals surface area contributed by atoms with Crippen molar-refractivity contribution in [2.75, 3.05) is 13.1 Å². The number of amides is 2. The number of aliphatic hydroxyl groups excluding tert-OH is 1. The van der Waals surface area contributed by atoms with Gasteiger partial charge in [-0.25, -0.2) is 4.79 Å². The molecule has 1 fully saturated rings. The van der Waals surface area contributed by atoms with Crippen molar-refractivity contribution in [1.82, 2.24) is 10.2 Å². The zero-order chi connectivity index (χ0) is 12.3. The van der Waals surface area contributed by atoms with Crippen molar-refractivity contribution in [1.29, 1.82) is 0 Å². The number of benzene rings is 1. The molecule has 1 aromatic rings. The molecule has 17 heavy (non-hydrogen) atoms. The molecule has 92 valence electrons. The number of nitrogens with one attached hydrogen (secondary N) is 1. The van der Waals surface area contributed by atoms with Crippen LogP contribution in [-0.4, -0.2) is 35.2 Å². The van der Waals surface area contributed by atoms with Gasteiger partial charge < -0.3 is 15.3 Å². The van der Waals surface area contributed by atoms with Crippen LogP contribution in [-0.2, 0) is 0 Å². The maximum absolute atomic E-state index is 11.9. The topological polar surface area (TPSA) is 52.6 Å². The molecule has 1 heterocycles. The van der Waals surface area contributed by atoms with Crippen molar-refractivity contribution in [2.45, 2.75) is 25.5 Å². The van der Waals surface area contributed by atoms with Crippen LogP contribution in [0.4, 0.5) is 4.79 Å². The highest BCUT2D eigenvalue weighted by Crippen LogP contribution is 2.14. The summed E-state index contributed by atoms with van der Waals surface area (Å²) in [4.78, 5) is 13.5. The van der Waals surface area contributed by atoms with Gasteiger partial charge in [-0.1, -0.05) is 30.3 Å². The lowest BCUT2D eigenvalue weighted by molar-refractivity contribution is 0.170. The molecular formula is C13H18N2O2. The number of aliphatic hydroxyl groups is 1. The summed E-state index contributed by atoms with van der Waals surface area (Å²) in [6.07, 6.45) is 0.306. The standard InChI is InChI=1S/C13H18N2O2/c1-10(11-5-3-2-4-6-11)14-13(17)15-8-7-12(16)9-15/h2-6,10,12,16H,7-9H2,1H3,(H,14,17)/t10-,12?/m0/s1. The van der Waals surface area contributed by atoms with Gasteiger partial charge >= 0.3 is 6.03 Å². The number of urea groups is 1. The fourth-order valence-electron chi connectivity index (χ4n) is 2.03. The van der Waals surface area contributed by atoms with E-state index in [-0.39, 0.29) is 18.2 Å². The number of nitrogens with zero attached hydrogens (tertiary/aromatic N) is 1. The first kappa shape index (κ1) is 11.9. The quantitative estimate of drug-likeness (QED) is 0.815. The predicted octanol–water partition coefficient (Wildman–Crippen LogP) is 1.52. The van der Waals surface area contributed by atoms with Gasteiger partial charge in [-0.2, -0.15) is 0 Å². The van der Waals surface area contributed by atoms with Gasteiger partial charge in [0.2, 0.25) is 0 Å². The highest BCUT2D eigenvalue weighted by atomic mass is 16.3. The molecule has 2 rings (SSSR count). The molecule has 4 heteroatoms. The predicted molar refractivity (Wildman–Crippen MR) is 65.6 cm³/mol. The largest absolute Gasteiger partial charge is 0.391 e. The molecule has 4 nitrogen and oxygen atoms in total. The summed E-state index contributed by atoms with van der Waals surface area (Å²) in [5, 5.41) is 12.3. The number of β-amino-alcohol motifs (C(OH)–C–C–N with tert-alkyl or cyclic N) is 1. The van der Waals surface area contributed by atoms with Crippen LogP contribution in [0.25, 0.3) is 0 Å². The molecule has 2 atom stereocenters. The fourth-order valence-corrected chi connectivity index (χ4v) is 2.03. The van der Waals surface area contributed by atoms with E-state index < -0.39 is 0 Å². The minimum Gasteiger partial charge on any atom is -0.391 e. The Morgan fingerprint density at radius 2 is 2.18 bits per heavy atom. The first-order chi connectivity index (χ1) is 8.16. The third-order valence-electron chi connectivity index (χ3n) is 3.09. The van der Waals surface area contributed by atoms with E-state index in [0.717, 1.165) is 5.56 Å². The van der Waals surface area contributed by atoms with Crippen LogP contribution >= 0.6 is 0 Å². The molecule has 0 aliphatic carbocycles. The SMILES string of the molecule is C[C@H](NC(=O)N1CCC(O)C1)c1ccccc1. The Kier molecular flexibility index (Phi) is 3.64. The Bertz CT molecular complexity index is 380. The molecular weight excluding hydrogens is 216 g/mol. The normalized spacial score (nSPS) is 21.3. The lowest BCUT2D eigenvalue weighted by atomic mass is 10.1. The maximum atomic E-state index is 11.9. The van der Waals surface area contributed by atoms with E-state index in [1.807, 2.05) is 37.3 Å². The van der Waals surface area contributed by atoms with E-state index in [0.29, 0.717) is 19.5 Å². The summed E-state index contributed by atoms with van der Waals surface area (Å²) in [5.41, 5.74) is 1.08. The second-order valence-electron chi connectivity index (χ2n) is 4.47. The van der Waals surface area contributed by atoms with Crippen LogP contribution < -0.4 is 5.32 Å². The molecule has 0 radical (unpaired) electrons. The lowest BCUT2D eigenvalue weighted by Gasteiger charge is -2.20. The van der Waals surface area contributed by atoms with Crippen molar-refractivity contribution < 1.29 is 9.90 Å². The van der Waals surface area contributed by atoms with Gasteiger partial charge in [-0.15, -0.1) is 0 Å². The van der Waals surface area contributed by atoms with Crippen molar-refractivity contribution >= 4 is 6.03 Å². The highest BCUT2D eigenvalue weighted by Gasteiger charge is 2.25. The van der Waals surface area contributed by atoms with E-state index >= 15 is 0 Å². The second-order valence-corrected chi connectivity index (χ2v) is 4.47. The third kappa shape index (κ3) is 2.97. The summed E-state index contributed by atoms with van der Waals surface area (Å²) in [7, 11) is 0. The van der Waals surface area contributed by atoms with Crippen LogP contribution in [0.1, 0.15) is 24.9 Å². The van der Waals surface area contributed by atoms with Gasteiger partial charge in [0, 0.05) is 13.1 Å². The minimum atomic E-state index is -0.368. The van der Waals surface area contributed by atoms with E-state index in [1.165, 1.54) is 0 Å². The molecule has 2 N–H and O–H groups in total. The first-order valence-electron chi connectivity index (χ1n) is 5.95. The molecule has 0 spiro atoms. The van der Waals surface area contributed by atoms with Crippen molar-refractivity contribution in [3.8, 4) is 0 Å². The monoisotopic (exact) mass is 234 g/mol. The van der Waals surface area contributed by atoms with Crippen molar-refractivity contribution in [3.05, 3.63) is 35.9 Å². The number of carbonyl (C=O) groups is 1. The Morgan fingerprint density at radius 1 is 1.47 bits per heavy atom. The van der Waals surface area contributed by atoms with Gasteiger partial charge in [0.25, 0.3) is 0 Å². The summed E-state index contributed by atoms with van der Waals surface area (Å²) < 4.78 is 0. The van der Waals surface area contributed by atoms with Crippen molar-refractivity contribution in [2.24, 2.45) is 0 Å². The number of rotatable bonds is 2. The Hall–Kier alpha value is -1.55. The molecule has 0 aromatic heterocycles.